The van der Waals surface area contributed by atoms with Crippen LogP contribution in [0.15, 0.2) is 42.5 Å². The highest BCUT2D eigenvalue weighted by molar-refractivity contribution is 6.39. The smallest absolute Gasteiger partial charge is 0.229 e. The number of hydrogen-bond donors (Lipinski definition) is 1. The van der Waals surface area contributed by atoms with Gasteiger partial charge in [-0.15, -0.1) is 0 Å². The van der Waals surface area contributed by atoms with Gasteiger partial charge in [-0.05, 0) is 29.8 Å². The monoisotopic (exact) mass is 380 g/mol. The van der Waals surface area contributed by atoms with Crippen LogP contribution in [0, 0.1) is 11.7 Å². The molecule has 0 aromatic heterocycles. The first-order valence-electron chi connectivity index (χ1n) is 7.71. The zero-order valence-electron chi connectivity index (χ0n) is 13.1. The molecule has 3 rings (SSSR count). The van der Waals surface area contributed by atoms with E-state index in [4.69, 9.17) is 23.2 Å². The standard InChI is InChI=1S/C18H15Cl2FN2O2/c19-14-2-1-3-15(20)17(14)22-18(25)12-8-16(24)23(10-12)9-11-4-6-13(21)7-5-11/h1-7,12H,8-10H2,(H,22,25). The molecule has 25 heavy (non-hydrogen) atoms. The van der Waals surface area contributed by atoms with Crippen LogP contribution in [0.5, 0.6) is 0 Å². The van der Waals surface area contributed by atoms with Crippen molar-refractivity contribution in [3.63, 3.8) is 0 Å². The van der Waals surface area contributed by atoms with E-state index in [1.807, 2.05) is 0 Å². The van der Waals surface area contributed by atoms with E-state index in [0.717, 1.165) is 5.56 Å². The summed E-state index contributed by atoms with van der Waals surface area (Å²) in [4.78, 5) is 26.2. The van der Waals surface area contributed by atoms with Crippen LogP contribution in [0.3, 0.4) is 0 Å². The summed E-state index contributed by atoms with van der Waals surface area (Å²) in [6, 6.07) is 10.9. The van der Waals surface area contributed by atoms with Crippen LogP contribution in [0.2, 0.25) is 10.0 Å². The number of rotatable bonds is 4. The van der Waals surface area contributed by atoms with Crippen molar-refractivity contribution >= 4 is 40.7 Å². The van der Waals surface area contributed by atoms with Gasteiger partial charge in [0, 0.05) is 19.5 Å². The summed E-state index contributed by atoms with van der Waals surface area (Å²) in [7, 11) is 0. The van der Waals surface area contributed by atoms with Crippen molar-refractivity contribution in [2.24, 2.45) is 5.92 Å². The summed E-state index contributed by atoms with van der Waals surface area (Å²) < 4.78 is 13.0. The fourth-order valence-corrected chi connectivity index (χ4v) is 3.25. The van der Waals surface area contributed by atoms with Gasteiger partial charge < -0.3 is 10.2 Å². The van der Waals surface area contributed by atoms with Gasteiger partial charge in [0.05, 0.1) is 21.7 Å². The third-order valence-electron chi connectivity index (χ3n) is 4.08. The van der Waals surface area contributed by atoms with Gasteiger partial charge in [-0.25, -0.2) is 4.39 Å². The van der Waals surface area contributed by atoms with Gasteiger partial charge in [0.1, 0.15) is 5.82 Å². The molecule has 1 saturated heterocycles. The van der Waals surface area contributed by atoms with E-state index < -0.39 is 5.92 Å². The summed E-state index contributed by atoms with van der Waals surface area (Å²) in [5.41, 5.74) is 1.16. The molecule has 0 bridgehead atoms. The minimum atomic E-state index is -0.486. The maximum absolute atomic E-state index is 13.0. The molecule has 4 nitrogen and oxygen atoms in total. The first-order chi connectivity index (χ1) is 11.9. The second kappa shape index (κ2) is 7.42. The van der Waals surface area contributed by atoms with Gasteiger partial charge in [0.25, 0.3) is 0 Å². The predicted octanol–water partition coefficient (Wildman–Crippen LogP) is 4.12. The third-order valence-corrected chi connectivity index (χ3v) is 4.71. The molecule has 0 saturated carbocycles. The predicted molar refractivity (Wildman–Crippen MR) is 95.0 cm³/mol. The number of para-hydroxylation sites is 1. The Labute approximate surface area is 154 Å². The molecule has 1 aliphatic rings. The lowest BCUT2D eigenvalue weighted by molar-refractivity contribution is -0.128. The number of nitrogens with one attached hydrogen (secondary N) is 1. The van der Waals surface area contributed by atoms with Crippen LogP contribution < -0.4 is 5.32 Å². The number of carbonyl (C=O) groups is 2. The molecule has 0 radical (unpaired) electrons. The van der Waals surface area contributed by atoms with Crippen molar-refractivity contribution < 1.29 is 14.0 Å². The minimum Gasteiger partial charge on any atom is -0.338 e. The maximum Gasteiger partial charge on any atom is 0.229 e. The average Bonchev–Trinajstić information content (AvgIpc) is 2.94. The number of hydrogen-bond acceptors (Lipinski definition) is 2. The fourth-order valence-electron chi connectivity index (χ4n) is 2.75. The topological polar surface area (TPSA) is 49.4 Å². The molecular weight excluding hydrogens is 366 g/mol. The van der Waals surface area contributed by atoms with Gasteiger partial charge in [0.2, 0.25) is 11.8 Å². The zero-order valence-corrected chi connectivity index (χ0v) is 14.6. The van der Waals surface area contributed by atoms with Crippen LogP contribution >= 0.6 is 23.2 Å². The van der Waals surface area contributed by atoms with E-state index in [0.29, 0.717) is 28.8 Å². The highest BCUT2D eigenvalue weighted by Crippen LogP contribution is 2.31. The average molecular weight is 381 g/mol. The summed E-state index contributed by atoms with van der Waals surface area (Å²) in [6.07, 6.45) is 0.120. The van der Waals surface area contributed by atoms with Crippen LogP contribution in [-0.4, -0.2) is 23.3 Å². The highest BCUT2D eigenvalue weighted by atomic mass is 35.5. The molecule has 130 valence electrons. The summed E-state index contributed by atoms with van der Waals surface area (Å²) in [6.45, 7) is 0.639. The lowest BCUT2D eigenvalue weighted by Gasteiger charge is -2.17. The second-order valence-corrected chi connectivity index (χ2v) is 6.70. The van der Waals surface area contributed by atoms with Gasteiger partial charge in [0.15, 0.2) is 0 Å². The van der Waals surface area contributed by atoms with Gasteiger partial charge in [-0.1, -0.05) is 41.4 Å². The molecule has 1 heterocycles. The quantitative estimate of drug-likeness (QED) is 0.866. The molecule has 2 aromatic rings. The Bertz CT molecular complexity index is 791. The molecule has 0 aliphatic carbocycles. The molecule has 7 heteroatoms. The van der Waals surface area contributed by atoms with Crippen molar-refractivity contribution in [2.45, 2.75) is 13.0 Å². The highest BCUT2D eigenvalue weighted by Gasteiger charge is 2.34. The third kappa shape index (κ3) is 4.11. The Kier molecular flexibility index (Phi) is 5.25. The Hall–Kier alpha value is -2.11. The van der Waals surface area contributed by atoms with E-state index in [2.05, 4.69) is 5.32 Å². The Morgan fingerprint density at radius 3 is 2.44 bits per heavy atom. The molecule has 1 aliphatic heterocycles. The van der Waals surface area contributed by atoms with Gasteiger partial charge in [-0.3, -0.25) is 9.59 Å². The molecular formula is C18H15Cl2FN2O2. The molecule has 1 fully saturated rings. The van der Waals surface area contributed by atoms with Crippen LogP contribution in [0.1, 0.15) is 12.0 Å². The van der Waals surface area contributed by atoms with E-state index >= 15 is 0 Å². The minimum absolute atomic E-state index is 0.116. The van der Waals surface area contributed by atoms with Gasteiger partial charge >= 0.3 is 0 Å². The molecule has 0 spiro atoms. The van der Waals surface area contributed by atoms with Crippen LogP contribution in [-0.2, 0) is 16.1 Å². The van der Waals surface area contributed by atoms with Gasteiger partial charge in [-0.2, -0.15) is 0 Å². The lowest BCUT2D eigenvalue weighted by atomic mass is 10.1. The number of halogens is 3. The number of amides is 2. The Balaban J connectivity index is 1.65. The summed E-state index contributed by atoms with van der Waals surface area (Å²) in [5.74, 6) is -1.23. The summed E-state index contributed by atoms with van der Waals surface area (Å²) >= 11 is 12.1. The Morgan fingerprint density at radius 2 is 1.80 bits per heavy atom. The van der Waals surface area contributed by atoms with Crippen molar-refractivity contribution in [1.29, 1.82) is 0 Å². The van der Waals surface area contributed by atoms with Crippen molar-refractivity contribution in [2.75, 3.05) is 11.9 Å². The molecule has 1 unspecified atom stereocenters. The first kappa shape index (κ1) is 17.7. The number of nitrogens with zero attached hydrogens (tertiary/aromatic N) is 1. The van der Waals surface area contributed by atoms with Crippen molar-refractivity contribution in [1.82, 2.24) is 4.90 Å². The van der Waals surface area contributed by atoms with Crippen LogP contribution in [0.25, 0.3) is 0 Å². The van der Waals surface area contributed by atoms with E-state index in [-0.39, 0.29) is 24.1 Å². The number of benzene rings is 2. The SMILES string of the molecule is O=C(Nc1c(Cl)cccc1Cl)C1CC(=O)N(Cc2ccc(F)cc2)C1. The molecule has 1 atom stereocenters. The largest absolute Gasteiger partial charge is 0.338 e. The van der Waals surface area contributed by atoms with Crippen molar-refractivity contribution in [3.8, 4) is 0 Å². The maximum atomic E-state index is 13.0. The number of carbonyl (C=O) groups excluding carboxylic acids is 2. The molecule has 2 aromatic carbocycles. The molecule has 2 amide bonds. The van der Waals surface area contributed by atoms with Crippen LogP contribution in [0.4, 0.5) is 10.1 Å². The molecule has 1 N–H and O–H groups in total. The normalized spacial score (nSPS) is 17.0. The number of anilines is 1. The lowest BCUT2D eigenvalue weighted by Crippen LogP contribution is -2.28. The second-order valence-electron chi connectivity index (χ2n) is 5.89. The van der Waals surface area contributed by atoms with E-state index in [1.54, 1.807) is 35.2 Å². The fraction of sp³-hybridized carbons (Fsp3) is 0.222. The zero-order chi connectivity index (χ0) is 18.0. The summed E-state index contributed by atoms with van der Waals surface area (Å²) in [5, 5.41) is 3.38. The van der Waals surface area contributed by atoms with E-state index in [1.165, 1.54) is 12.1 Å². The Morgan fingerprint density at radius 1 is 1.16 bits per heavy atom. The number of likely N-dealkylation sites (tertiary alicyclic amines) is 1. The first-order valence-corrected chi connectivity index (χ1v) is 8.46. The van der Waals surface area contributed by atoms with E-state index in [9.17, 15) is 14.0 Å². The van der Waals surface area contributed by atoms with Crippen molar-refractivity contribution in [3.05, 3.63) is 63.9 Å².